The van der Waals surface area contributed by atoms with E-state index in [2.05, 4.69) is 9.97 Å². The molecule has 2 aromatic heterocycles. The van der Waals surface area contributed by atoms with E-state index in [9.17, 15) is 29.4 Å². The first-order valence-corrected chi connectivity index (χ1v) is 18.3. The minimum atomic E-state index is -1.13. The van der Waals surface area contributed by atoms with E-state index in [4.69, 9.17) is 18.9 Å². The molecule has 0 spiro atoms. The molecule has 15 rings (SSSR count). The van der Waals surface area contributed by atoms with Crippen LogP contribution in [0.25, 0.3) is 0 Å². The highest BCUT2D eigenvalue weighted by Crippen LogP contribution is 2.78. The Hall–Kier alpha value is -4.74. The number of benzene rings is 1. The molecule has 12 heteroatoms. The maximum absolute atomic E-state index is 13.8. The van der Waals surface area contributed by atoms with Crippen LogP contribution in [0.4, 0.5) is 0 Å². The molecule has 0 amide bonds. The van der Waals surface area contributed by atoms with Gasteiger partial charge in [0, 0.05) is 56.3 Å². The van der Waals surface area contributed by atoms with E-state index in [1.54, 1.807) is 0 Å². The van der Waals surface area contributed by atoms with Crippen molar-refractivity contribution in [2.75, 3.05) is 13.2 Å². The SMILES string of the molecule is CC(C)(C)OC(=O)c1[nH]cc2c1C13CCC2(CC1)c1c(OCC(=O)O)c2c(c(OCC(=O)O)c13)C13CCC2(CC1)c1c[nH]c(C(=O)OC(C)(C)C)c13. The fraction of sp³-hybridized carbons (Fsp3) is 0.550. The van der Waals surface area contributed by atoms with Crippen molar-refractivity contribution < 1.29 is 48.3 Å². The molecule has 2 fully saturated rings. The number of nitrogens with one attached hydrogen (secondary N) is 2. The van der Waals surface area contributed by atoms with Crippen LogP contribution >= 0.6 is 0 Å². The summed E-state index contributed by atoms with van der Waals surface area (Å²) in [6, 6.07) is 0. The third-order valence-electron chi connectivity index (χ3n) is 12.9. The first-order valence-electron chi connectivity index (χ1n) is 18.3. The highest BCUT2D eigenvalue weighted by Gasteiger charge is 2.70. The molecule has 3 aromatic rings. The molecule has 12 aliphatic carbocycles. The van der Waals surface area contributed by atoms with E-state index < -0.39 is 70.0 Å². The van der Waals surface area contributed by atoms with Crippen LogP contribution in [-0.4, -0.2) is 68.5 Å². The molecule has 2 saturated carbocycles. The van der Waals surface area contributed by atoms with Crippen LogP contribution in [0.3, 0.4) is 0 Å². The van der Waals surface area contributed by atoms with Crippen molar-refractivity contribution in [3.05, 3.63) is 68.3 Å². The normalized spacial score (nSPS) is 28.1. The predicted molar refractivity (Wildman–Crippen MR) is 185 cm³/mol. The van der Waals surface area contributed by atoms with Crippen molar-refractivity contribution >= 4 is 23.9 Å². The highest BCUT2D eigenvalue weighted by molar-refractivity contribution is 5.95. The molecule has 1 aromatic carbocycles. The molecule has 2 heterocycles. The Bertz CT molecular complexity index is 2010. The van der Waals surface area contributed by atoms with Gasteiger partial charge in [0.25, 0.3) is 0 Å². The van der Waals surface area contributed by atoms with Gasteiger partial charge in [0.1, 0.15) is 34.1 Å². The minimum absolute atomic E-state index is 0.370. The molecule has 0 aliphatic heterocycles. The van der Waals surface area contributed by atoms with Crippen LogP contribution in [0.15, 0.2) is 12.4 Å². The quantitative estimate of drug-likeness (QED) is 0.199. The van der Waals surface area contributed by atoms with Crippen LogP contribution in [0.1, 0.15) is 158 Å². The fourth-order valence-electron chi connectivity index (χ4n) is 11.4. The largest absolute Gasteiger partial charge is 0.481 e. The molecule has 12 aliphatic rings. The van der Waals surface area contributed by atoms with Gasteiger partial charge in [0.15, 0.2) is 13.2 Å². The molecule has 4 N–H and O–H groups in total. The Labute approximate surface area is 300 Å². The molecular formula is C40H44N2O10. The lowest BCUT2D eigenvalue weighted by atomic mass is 9.37. The van der Waals surface area contributed by atoms with Gasteiger partial charge in [-0.15, -0.1) is 0 Å². The molecular weight excluding hydrogens is 668 g/mol. The Morgan fingerprint density at radius 2 is 0.865 bits per heavy atom. The summed E-state index contributed by atoms with van der Waals surface area (Å²) in [5.41, 5.74) is 3.34. The number of ether oxygens (including phenoxy) is 4. The number of carbonyl (C=O) groups is 4. The number of aromatic amines is 2. The van der Waals surface area contributed by atoms with Crippen LogP contribution in [0.2, 0.25) is 0 Å². The summed E-state index contributed by atoms with van der Waals surface area (Å²) in [4.78, 5) is 58.8. The number of esters is 2. The number of hydrogen-bond donors (Lipinski definition) is 4. The van der Waals surface area contributed by atoms with Gasteiger partial charge in [-0.1, -0.05) is 0 Å². The van der Waals surface area contributed by atoms with Gasteiger partial charge in [-0.2, -0.15) is 0 Å². The second kappa shape index (κ2) is 10.0. The lowest BCUT2D eigenvalue weighted by Crippen LogP contribution is -2.59. The number of H-pyrrole nitrogens is 2. The summed E-state index contributed by atoms with van der Waals surface area (Å²) in [7, 11) is 0. The maximum Gasteiger partial charge on any atom is 0.355 e. The lowest BCUT2D eigenvalue weighted by molar-refractivity contribution is -0.140. The predicted octanol–water partition coefficient (Wildman–Crippen LogP) is 6.13. The van der Waals surface area contributed by atoms with Gasteiger partial charge in [-0.05, 0) is 115 Å². The van der Waals surface area contributed by atoms with Gasteiger partial charge in [-0.25, -0.2) is 19.2 Å². The van der Waals surface area contributed by atoms with Crippen molar-refractivity contribution in [3.63, 3.8) is 0 Å². The number of aromatic nitrogens is 2. The van der Waals surface area contributed by atoms with E-state index in [-0.39, 0.29) is 0 Å². The van der Waals surface area contributed by atoms with E-state index in [1.165, 1.54) is 0 Å². The zero-order chi connectivity index (χ0) is 37.0. The molecule has 0 unspecified atom stereocenters. The number of rotatable bonds is 8. The zero-order valence-electron chi connectivity index (χ0n) is 30.4. The summed E-state index contributed by atoms with van der Waals surface area (Å²) in [5.74, 6) is -2.19. The van der Waals surface area contributed by atoms with E-state index in [0.717, 1.165) is 70.2 Å². The van der Waals surface area contributed by atoms with Crippen LogP contribution in [-0.2, 0) is 40.7 Å². The van der Waals surface area contributed by atoms with Crippen molar-refractivity contribution in [3.8, 4) is 11.5 Å². The van der Waals surface area contributed by atoms with Crippen LogP contribution in [0, 0.1) is 0 Å². The molecule has 274 valence electrons. The molecule has 0 radical (unpaired) electrons. The first-order chi connectivity index (χ1) is 24.4. The third kappa shape index (κ3) is 3.98. The maximum atomic E-state index is 13.8. The Balaban J connectivity index is 1.37. The Kier molecular flexibility index (Phi) is 6.38. The van der Waals surface area contributed by atoms with E-state index in [0.29, 0.717) is 48.6 Å². The van der Waals surface area contributed by atoms with Gasteiger partial charge in [0.2, 0.25) is 0 Å². The topological polar surface area (TPSA) is 177 Å². The van der Waals surface area contributed by atoms with Crippen molar-refractivity contribution in [2.24, 2.45) is 0 Å². The second-order valence-electron chi connectivity index (χ2n) is 17.8. The standard InChI is InChI=1S/C40H44N2O10/c1-35(2,3)51-33(47)29-23-19(15-41-29)37-7-11-39(23,12-8-37)27-25(37)31(49-17-21(43)44)26-28(32(27)50-18-22(45)46)40-13-9-38(26,10-14-40)20-16-42-30(24(20)40)34(48)52-36(4,5)6/h15-16,41-42H,7-14,17-18H2,1-6H3,(H,43,44)(H,45,46). The van der Waals surface area contributed by atoms with Crippen LogP contribution in [0.5, 0.6) is 11.5 Å². The first kappa shape index (κ1) is 33.1. The monoisotopic (exact) mass is 712 g/mol. The minimum Gasteiger partial charge on any atom is -0.481 e. The van der Waals surface area contributed by atoms with Crippen LogP contribution < -0.4 is 9.47 Å². The van der Waals surface area contributed by atoms with Crippen molar-refractivity contribution in [2.45, 2.75) is 126 Å². The summed E-state index contributed by atoms with van der Waals surface area (Å²) in [6.45, 7) is 9.78. The van der Waals surface area contributed by atoms with Gasteiger partial charge >= 0.3 is 23.9 Å². The van der Waals surface area contributed by atoms with Crippen molar-refractivity contribution in [1.82, 2.24) is 9.97 Å². The average molecular weight is 713 g/mol. The number of hydrogen-bond acceptors (Lipinski definition) is 8. The highest BCUT2D eigenvalue weighted by atomic mass is 16.6. The Morgan fingerprint density at radius 1 is 0.558 bits per heavy atom. The lowest BCUT2D eigenvalue weighted by Gasteiger charge is -2.65. The number of carboxylic acid groups (broad SMARTS) is 2. The number of carbonyl (C=O) groups excluding carboxylic acids is 2. The second-order valence-corrected chi connectivity index (χ2v) is 17.8. The molecule has 4 bridgehead atoms. The summed E-state index contributed by atoms with van der Waals surface area (Å²) in [6.07, 6.45) is 9.49. The average Bonchev–Trinajstić information content (AvgIpc) is 3.75. The van der Waals surface area contributed by atoms with Crippen molar-refractivity contribution in [1.29, 1.82) is 0 Å². The molecule has 12 nitrogen and oxygen atoms in total. The molecule has 0 atom stereocenters. The fourth-order valence-corrected chi connectivity index (χ4v) is 11.4. The van der Waals surface area contributed by atoms with Gasteiger partial charge in [0.05, 0.1) is 0 Å². The zero-order valence-corrected chi connectivity index (χ0v) is 30.4. The van der Waals surface area contributed by atoms with Gasteiger partial charge in [-0.3, -0.25) is 0 Å². The van der Waals surface area contributed by atoms with Gasteiger partial charge < -0.3 is 39.1 Å². The Morgan fingerprint density at radius 3 is 1.17 bits per heavy atom. The smallest absolute Gasteiger partial charge is 0.355 e. The van der Waals surface area contributed by atoms with E-state index in [1.807, 2.05) is 53.9 Å². The summed E-state index contributed by atoms with van der Waals surface area (Å²) >= 11 is 0. The summed E-state index contributed by atoms with van der Waals surface area (Å²) in [5, 5.41) is 20.1. The third-order valence-corrected chi connectivity index (χ3v) is 12.9. The molecule has 52 heavy (non-hydrogen) atoms. The van der Waals surface area contributed by atoms with E-state index >= 15 is 0 Å². The summed E-state index contributed by atoms with van der Waals surface area (Å²) < 4.78 is 24.9. The molecule has 0 saturated heterocycles. The number of aliphatic carboxylic acids is 2. The number of carboxylic acids is 2.